The number of hydrogen-bond donors (Lipinski definition) is 1. The molecule has 0 radical (unpaired) electrons. The highest BCUT2D eigenvalue weighted by molar-refractivity contribution is 9.10. The van der Waals surface area contributed by atoms with Gasteiger partial charge in [0.1, 0.15) is 17.3 Å². The number of nitrogens with one attached hydrogen (secondary N) is 1. The van der Waals surface area contributed by atoms with Crippen LogP contribution in [-0.2, 0) is 0 Å². The molecule has 0 aromatic heterocycles. The van der Waals surface area contributed by atoms with E-state index in [-0.39, 0.29) is 11.9 Å². The summed E-state index contributed by atoms with van der Waals surface area (Å²) in [6.07, 6.45) is 0. The highest BCUT2D eigenvalue weighted by atomic mass is 79.9. The first-order valence-corrected chi connectivity index (χ1v) is 7.35. The van der Waals surface area contributed by atoms with Crippen molar-refractivity contribution in [3.8, 4) is 11.5 Å². The lowest BCUT2D eigenvalue weighted by Gasteiger charge is -2.17. The number of halogens is 2. The molecule has 0 aliphatic carbocycles. The van der Waals surface area contributed by atoms with Gasteiger partial charge in [0.15, 0.2) is 0 Å². The second kappa shape index (κ2) is 6.86. The molecule has 0 bridgehead atoms. The zero-order valence-corrected chi connectivity index (χ0v) is 13.1. The minimum absolute atomic E-state index is 0.0288. The molecule has 0 fully saturated rings. The van der Waals surface area contributed by atoms with E-state index in [0.29, 0.717) is 5.75 Å². The second-order valence-electron chi connectivity index (χ2n) is 4.52. The Labute approximate surface area is 127 Å². The quantitative estimate of drug-likeness (QED) is 0.824. The average molecular weight is 338 g/mol. The molecule has 4 heteroatoms. The molecule has 1 N–H and O–H groups in total. The normalized spacial score (nSPS) is 12.2. The summed E-state index contributed by atoms with van der Waals surface area (Å²) in [5, 5.41) is 3.27. The molecule has 2 aromatic carbocycles. The Bertz CT molecular complexity index is 571. The van der Waals surface area contributed by atoms with Crippen LogP contribution in [0.5, 0.6) is 11.5 Å². The van der Waals surface area contributed by atoms with E-state index in [2.05, 4.69) is 21.2 Å². The van der Waals surface area contributed by atoms with Crippen molar-refractivity contribution in [2.24, 2.45) is 0 Å². The van der Waals surface area contributed by atoms with Crippen molar-refractivity contribution in [3.63, 3.8) is 0 Å². The fraction of sp³-hybridized carbons (Fsp3) is 0.250. The Morgan fingerprint density at radius 1 is 1.20 bits per heavy atom. The molecular formula is C16H17BrFNO. The molecule has 0 aliphatic heterocycles. The van der Waals surface area contributed by atoms with Crippen molar-refractivity contribution in [1.82, 2.24) is 5.32 Å². The molecule has 0 spiro atoms. The Hall–Kier alpha value is -1.39. The van der Waals surface area contributed by atoms with Crippen LogP contribution in [0.2, 0.25) is 0 Å². The van der Waals surface area contributed by atoms with Crippen LogP contribution in [0.25, 0.3) is 0 Å². The van der Waals surface area contributed by atoms with Gasteiger partial charge in [0, 0.05) is 16.1 Å². The van der Waals surface area contributed by atoms with Gasteiger partial charge in [-0.15, -0.1) is 0 Å². The van der Waals surface area contributed by atoms with Crippen LogP contribution in [0.3, 0.4) is 0 Å². The van der Waals surface area contributed by atoms with Gasteiger partial charge in [-0.2, -0.15) is 0 Å². The van der Waals surface area contributed by atoms with Crippen molar-refractivity contribution in [2.45, 2.75) is 19.9 Å². The van der Waals surface area contributed by atoms with E-state index >= 15 is 0 Å². The molecule has 1 atom stereocenters. The summed E-state index contributed by atoms with van der Waals surface area (Å²) in [5.41, 5.74) is 0.815. The summed E-state index contributed by atoms with van der Waals surface area (Å²) in [7, 11) is 0. The standard InChI is InChI=1S/C16H17BrFNO/c1-3-19-11(2)15-10-13(18)6-9-16(15)20-14-7-4-12(17)5-8-14/h4-11,19H,3H2,1-2H3. The van der Waals surface area contributed by atoms with Crippen molar-refractivity contribution in [3.05, 3.63) is 58.3 Å². The smallest absolute Gasteiger partial charge is 0.132 e. The molecule has 2 rings (SSSR count). The molecule has 106 valence electrons. The van der Waals surface area contributed by atoms with E-state index in [1.807, 2.05) is 38.1 Å². The van der Waals surface area contributed by atoms with Crippen molar-refractivity contribution < 1.29 is 9.13 Å². The van der Waals surface area contributed by atoms with Crippen LogP contribution < -0.4 is 10.1 Å². The fourth-order valence-corrected chi connectivity index (χ4v) is 2.26. The first-order chi connectivity index (χ1) is 9.60. The molecule has 0 saturated carbocycles. The lowest BCUT2D eigenvalue weighted by molar-refractivity contribution is 0.459. The molecule has 2 aromatic rings. The maximum Gasteiger partial charge on any atom is 0.132 e. The lowest BCUT2D eigenvalue weighted by atomic mass is 10.1. The van der Waals surface area contributed by atoms with Crippen LogP contribution in [0, 0.1) is 5.82 Å². The minimum atomic E-state index is -0.257. The number of rotatable bonds is 5. The van der Waals surface area contributed by atoms with Crippen molar-refractivity contribution in [2.75, 3.05) is 6.54 Å². The number of hydrogen-bond acceptors (Lipinski definition) is 2. The van der Waals surface area contributed by atoms with Gasteiger partial charge in [0.2, 0.25) is 0 Å². The van der Waals surface area contributed by atoms with Gasteiger partial charge in [-0.25, -0.2) is 4.39 Å². The van der Waals surface area contributed by atoms with Gasteiger partial charge < -0.3 is 10.1 Å². The summed E-state index contributed by atoms with van der Waals surface area (Å²) in [6, 6.07) is 12.2. The van der Waals surface area contributed by atoms with Gasteiger partial charge >= 0.3 is 0 Å². The number of ether oxygens (including phenoxy) is 1. The number of benzene rings is 2. The maximum absolute atomic E-state index is 13.4. The first kappa shape index (κ1) is 15.0. The lowest BCUT2D eigenvalue weighted by Crippen LogP contribution is -2.18. The Morgan fingerprint density at radius 3 is 2.55 bits per heavy atom. The molecule has 2 nitrogen and oxygen atoms in total. The minimum Gasteiger partial charge on any atom is -0.457 e. The Balaban J connectivity index is 2.28. The SMILES string of the molecule is CCNC(C)c1cc(F)ccc1Oc1ccc(Br)cc1. The third-order valence-corrected chi connectivity index (χ3v) is 3.52. The largest absolute Gasteiger partial charge is 0.457 e. The first-order valence-electron chi connectivity index (χ1n) is 6.56. The summed E-state index contributed by atoms with van der Waals surface area (Å²) >= 11 is 3.38. The van der Waals surface area contributed by atoms with Crippen LogP contribution in [0.15, 0.2) is 46.9 Å². The summed E-state index contributed by atoms with van der Waals surface area (Å²) in [4.78, 5) is 0. The molecule has 0 heterocycles. The molecule has 0 saturated heterocycles. The second-order valence-corrected chi connectivity index (χ2v) is 5.43. The topological polar surface area (TPSA) is 21.3 Å². The monoisotopic (exact) mass is 337 g/mol. The van der Waals surface area contributed by atoms with E-state index in [1.165, 1.54) is 12.1 Å². The predicted molar refractivity (Wildman–Crippen MR) is 82.7 cm³/mol. The van der Waals surface area contributed by atoms with Crippen LogP contribution >= 0.6 is 15.9 Å². The van der Waals surface area contributed by atoms with E-state index in [1.54, 1.807) is 6.07 Å². The van der Waals surface area contributed by atoms with Gasteiger partial charge in [-0.1, -0.05) is 22.9 Å². The molecular weight excluding hydrogens is 321 g/mol. The van der Waals surface area contributed by atoms with E-state index in [9.17, 15) is 4.39 Å². The van der Waals surface area contributed by atoms with E-state index in [0.717, 1.165) is 22.3 Å². The third-order valence-electron chi connectivity index (χ3n) is 2.99. The van der Waals surface area contributed by atoms with Crippen LogP contribution in [0.1, 0.15) is 25.5 Å². The van der Waals surface area contributed by atoms with E-state index < -0.39 is 0 Å². The highest BCUT2D eigenvalue weighted by Crippen LogP contribution is 2.30. The van der Waals surface area contributed by atoms with Gasteiger partial charge in [0.25, 0.3) is 0 Å². The molecule has 0 aliphatic rings. The van der Waals surface area contributed by atoms with Crippen LogP contribution in [-0.4, -0.2) is 6.54 Å². The fourth-order valence-electron chi connectivity index (χ4n) is 2.00. The molecule has 20 heavy (non-hydrogen) atoms. The zero-order chi connectivity index (χ0) is 14.5. The molecule has 0 amide bonds. The summed E-state index contributed by atoms with van der Waals surface area (Å²) in [6.45, 7) is 4.83. The Morgan fingerprint density at radius 2 is 1.90 bits per heavy atom. The predicted octanol–water partition coefficient (Wildman–Crippen LogP) is 5.05. The maximum atomic E-state index is 13.4. The van der Waals surface area contributed by atoms with Gasteiger partial charge in [-0.05, 0) is 55.9 Å². The van der Waals surface area contributed by atoms with Gasteiger partial charge in [-0.3, -0.25) is 0 Å². The summed E-state index contributed by atoms with van der Waals surface area (Å²) < 4.78 is 20.3. The van der Waals surface area contributed by atoms with Crippen LogP contribution in [0.4, 0.5) is 4.39 Å². The molecule has 1 unspecified atom stereocenters. The summed E-state index contributed by atoms with van der Waals surface area (Å²) in [5.74, 6) is 1.14. The highest BCUT2D eigenvalue weighted by Gasteiger charge is 2.13. The average Bonchev–Trinajstić information content (AvgIpc) is 2.43. The van der Waals surface area contributed by atoms with E-state index in [4.69, 9.17) is 4.74 Å². The van der Waals surface area contributed by atoms with Gasteiger partial charge in [0.05, 0.1) is 0 Å². The third kappa shape index (κ3) is 3.81. The zero-order valence-electron chi connectivity index (χ0n) is 11.5. The van der Waals surface area contributed by atoms with Crippen molar-refractivity contribution >= 4 is 15.9 Å². The van der Waals surface area contributed by atoms with Crippen molar-refractivity contribution in [1.29, 1.82) is 0 Å². The Kier molecular flexibility index (Phi) is 5.15.